The number of hydrogen-bond acceptors (Lipinski definition) is 5. The molecule has 2 heterocycles. The maximum absolute atomic E-state index is 13.4. The van der Waals surface area contributed by atoms with Gasteiger partial charge in [0.15, 0.2) is 0 Å². The number of benzene rings is 1. The number of aromatic nitrogens is 2. The van der Waals surface area contributed by atoms with Crippen LogP contribution in [0.3, 0.4) is 0 Å². The van der Waals surface area contributed by atoms with Crippen molar-refractivity contribution in [2.24, 2.45) is 12.5 Å². The molecule has 1 aromatic carbocycles. The SMILES string of the molecule is CC(C)N[C@H](C(=O)N1C[C@H](O)C[C@H]1C(=O)NCc1ccc(-c2ccnn2C)cc1)C(C)(C)C. The number of aliphatic hydroxyl groups excluding tert-OH is 1. The summed E-state index contributed by atoms with van der Waals surface area (Å²) >= 11 is 0. The average molecular weight is 456 g/mol. The van der Waals surface area contributed by atoms with Crippen LogP contribution in [0.25, 0.3) is 11.3 Å². The highest BCUT2D eigenvalue weighted by Gasteiger charge is 2.43. The number of carbonyl (C=O) groups excluding carboxylic acids is 2. The van der Waals surface area contributed by atoms with Crippen molar-refractivity contribution < 1.29 is 14.7 Å². The molecule has 0 bridgehead atoms. The molecule has 33 heavy (non-hydrogen) atoms. The second kappa shape index (κ2) is 10.1. The van der Waals surface area contributed by atoms with Crippen molar-refractivity contribution in [3.8, 4) is 11.3 Å². The average Bonchev–Trinajstić information content (AvgIpc) is 3.35. The van der Waals surface area contributed by atoms with Crippen molar-refractivity contribution in [1.82, 2.24) is 25.3 Å². The molecule has 2 amide bonds. The summed E-state index contributed by atoms with van der Waals surface area (Å²) in [6.07, 6.45) is 1.30. The van der Waals surface area contributed by atoms with Gasteiger partial charge in [-0.3, -0.25) is 14.3 Å². The van der Waals surface area contributed by atoms with Crippen LogP contribution < -0.4 is 10.6 Å². The summed E-state index contributed by atoms with van der Waals surface area (Å²) in [7, 11) is 1.90. The molecular formula is C25H37N5O3. The van der Waals surface area contributed by atoms with Gasteiger partial charge in [-0.05, 0) is 22.6 Å². The largest absolute Gasteiger partial charge is 0.391 e. The van der Waals surface area contributed by atoms with Crippen LogP contribution in [0.5, 0.6) is 0 Å². The lowest BCUT2D eigenvalue weighted by Crippen LogP contribution is -2.57. The molecule has 3 rings (SSSR count). The van der Waals surface area contributed by atoms with Crippen molar-refractivity contribution in [2.75, 3.05) is 6.54 Å². The normalized spacial score (nSPS) is 19.7. The van der Waals surface area contributed by atoms with Gasteiger partial charge in [-0.15, -0.1) is 0 Å². The van der Waals surface area contributed by atoms with Crippen LogP contribution >= 0.6 is 0 Å². The topological polar surface area (TPSA) is 99.5 Å². The van der Waals surface area contributed by atoms with E-state index >= 15 is 0 Å². The Hall–Kier alpha value is -2.71. The van der Waals surface area contributed by atoms with Gasteiger partial charge in [-0.1, -0.05) is 58.9 Å². The lowest BCUT2D eigenvalue weighted by Gasteiger charge is -2.36. The molecule has 3 N–H and O–H groups in total. The third-order valence-electron chi connectivity index (χ3n) is 6.02. The van der Waals surface area contributed by atoms with Crippen molar-refractivity contribution >= 4 is 11.8 Å². The van der Waals surface area contributed by atoms with E-state index in [4.69, 9.17) is 0 Å². The highest BCUT2D eigenvalue weighted by molar-refractivity contribution is 5.91. The number of amides is 2. The van der Waals surface area contributed by atoms with E-state index in [9.17, 15) is 14.7 Å². The van der Waals surface area contributed by atoms with Crippen molar-refractivity contribution in [3.05, 3.63) is 42.1 Å². The van der Waals surface area contributed by atoms with E-state index in [0.717, 1.165) is 16.8 Å². The highest BCUT2D eigenvalue weighted by Crippen LogP contribution is 2.26. The van der Waals surface area contributed by atoms with E-state index in [2.05, 4.69) is 15.7 Å². The van der Waals surface area contributed by atoms with Gasteiger partial charge in [0.2, 0.25) is 11.8 Å². The molecule has 1 aromatic heterocycles. The summed E-state index contributed by atoms with van der Waals surface area (Å²) in [6, 6.07) is 8.88. The van der Waals surface area contributed by atoms with E-state index in [1.165, 1.54) is 4.90 Å². The van der Waals surface area contributed by atoms with Gasteiger partial charge in [0.1, 0.15) is 6.04 Å². The van der Waals surface area contributed by atoms with Crippen LogP contribution in [-0.4, -0.2) is 62.4 Å². The van der Waals surface area contributed by atoms with Gasteiger partial charge in [0.25, 0.3) is 0 Å². The molecular weight excluding hydrogens is 418 g/mol. The Morgan fingerprint density at radius 3 is 2.39 bits per heavy atom. The molecule has 2 aromatic rings. The van der Waals surface area contributed by atoms with E-state index < -0.39 is 18.2 Å². The first-order valence-corrected chi connectivity index (χ1v) is 11.6. The molecule has 180 valence electrons. The van der Waals surface area contributed by atoms with Crippen LogP contribution in [0.4, 0.5) is 0 Å². The van der Waals surface area contributed by atoms with E-state index in [0.29, 0.717) is 6.54 Å². The fraction of sp³-hybridized carbons (Fsp3) is 0.560. The number of likely N-dealkylation sites (tertiary alicyclic amines) is 1. The number of aliphatic hydroxyl groups is 1. The number of β-amino-alcohol motifs (C(OH)–C–C–N with tert-alkyl or cyclic N) is 1. The second-order valence-corrected chi connectivity index (χ2v) is 10.3. The molecule has 3 atom stereocenters. The first-order chi connectivity index (χ1) is 15.5. The number of carbonyl (C=O) groups is 2. The zero-order valence-corrected chi connectivity index (χ0v) is 20.5. The smallest absolute Gasteiger partial charge is 0.243 e. The Morgan fingerprint density at radius 1 is 1.18 bits per heavy atom. The van der Waals surface area contributed by atoms with E-state index in [1.807, 2.05) is 76.7 Å². The third kappa shape index (κ3) is 6.00. The number of aryl methyl sites for hydroxylation is 1. The van der Waals surface area contributed by atoms with Gasteiger partial charge in [-0.2, -0.15) is 5.10 Å². The van der Waals surface area contributed by atoms with Crippen molar-refractivity contribution in [1.29, 1.82) is 0 Å². The highest BCUT2D eigenvalue weighted by atomic mass is 16.3. The molecule has 0 spiro atoms. The Balaban J connectivity index is 1.66. The Kier molecular flexibility index (Phi) is 7.59. The first kappa shape index (κ1) is 24.9. The number of nitrogens with zero attached hydrogens (tertiary/aromatic N) is 3. The Morgan fingerprint density at radius 2 is 1.85 bits per heavy atom. The lowest BCUT2D eigenvalue weighted by molar-refractivity contribution is -0.142. The van der Waals surface area contributed by atoms with E-state index in [1.54, 1.807) is 6.20 Å². The molecule has 8 nitrogen and oxygen atoms in total. The third-order valence-corrected chi connectivity index (χ3v) is 6.02. The zero-order chi connectivity index (χ0) is 24.3. The predicted octanol–water partition coefficient (Wildman–Crippen LogP) is 2.08. The number of hydrogen-bond donors (Lipinski definition) is 3. The molecule has 1 saturated heterocycles. The number of rotatable bonds is 7. The van der Waals surface area contributed by atoms with Crippen LogP contribution in [0, 0.1) is 5.41 Å². The van der Waals surface area contributed by atoms with Gasteiger partial charge >= 0.3 is 0 Å². The Bertz CT molecular complexity index is 961. The minimum atomic E-state index is -0.706. The van der Waals surface area contributed by atoms with Crippen LogP contribution in [0.2, 0.25) is 0 Å². The van der Waals surface area contributed by atoms with Gasteiger partial charge in [-0.25, -0.2) is 0 Å². The summed E-state index contributed by atoms with van der Waals surface area (Å²) in [5.74, 6) is -0.388. The lowest BCUT2D eigenvalue weighted by atomic mass is 9.85. The van der Waals surface area contributed by atoms with E-state index in [-0.39, 0.29) is 36.2 Å². The van der Waals surface area contributed by atoms with Crippen molar-refractivity contribution in [3.63, 3.8) is 0 Å². The van der Waals surface area contributed by atoms with Crippen molar-refractivity contribution in [2.45, 2.75) is 71.8 Å². The number of nitrogens with one attached hydrogen (secondary N) is 2. The molecule has 0 unspecified atom stereocenters. The zero-order valence-electron chi connectivity index (χ0n) is 20.5. The maximum Gasteiger partial charge on any atom is 0.243 e. The Labute approximate surface area is 196 Å². The van der Waals surface area contributed by atoms with Gasteiger partial charge in [0, 0.05) is 38.8 Å². The van der Waals surface area contributed by atoms with Crippen LogP contribution in [0.1, 0.15) is 46.6 Å². The molecule has 0 aliphatic carbocycles. The quantitative estimate of drug-likeness (QED) is 0.594. The molecule has 0 radical (unpaired) electrons. The fourth-order valence-electron chi connectivity index (χ4n) is 4.25. The minimum Gasteiger partial charge on any atom is -0.391 e. The van der Waals surface area contributed by atoms with Crippen LogP contribution in [-0.2, 0) is 23.2 Å². The molecule has 0 saturated carbocycles. The van der Waals surface area contributed by atoms with Crippen LogP contribution in [0.15, 0.2) is 36.5 Å². The monoisotopic (exact) mass is 455 g/mol. The maximum atomic E-state index is 13.4. The first-order valence-electron chi connectivity index (χ1n) is 11.6. The summed E-state index contributed by atoms with van der Waals surface area (Å²) in [5.41, 5.74) is 2.69. The molecule has 1 aliphatic heterocycles. The molecule has 1 aliphatic rings. The summed E-state index contributed by atoms with van der Waals surface area (Å²) in [5, 5.41) is 20.7. The standard InChI is InChI=1S/C25H37N5O3/c1-16(2)28-22(25(3,4)5)24(33)30-15-19(31)13-21(30)23(32)26-14-17-7-9-18(10-8-17)20-11-12-27-29(20)6/h7-12,16,19,21-22,28,31H,13-15H2,1-6H3,(H,26,32)/t19-,21+,22-/m1/s1. The molecule has 1 fully saturated rings. The minimum absolute atomic E-state index is 0.118. The van der Waals surface area contributed by atoms with Gasteiger partial charge in [0.05, 0.1) is 17.8 Å². The summed E-state index contributed by atoms with van der Waals surface area (Å²) in [4.78, 5) is 28.0. The summed E-state index contributed by atoms with van der Waals surface area (Å²) < 4.78 is 1.81. The fourth-order valence-corrected chi connectivity index (χ4v) is 4.25. The predicted molar refractivity (Wildman–Crippen MR) is 128 cm³/mol. The summed E-state index contributed by atoms with van der Waals surface area (Å²) in [6.45, 7) is 10.5. The second-order valence-electron chi connectivity index (χ2n) is 10.3. The van der Waals surface area contributed by atoms with Gasteiger partial charge < -0.3 is 20.6 Å². The molecule has 8 heteroatoms.